The van der Waals surface area contributed by atoms with Crippen LogP contribution >= 0.6 is 12.2 Å². The van der Waals surface area contributed by atoms with Crippen LogP contribution < -0.4 is 19.7 Å². The van der Waals surface area contributed by atoms with Gasteiger partial charge in [0.2, 0.25) is 0 Å². The molecule has 1 saturated heterocycles. The molecule has 4 aromatic rings. The van der Waals surface area contributed by atoms with Gasteiger partial charge in [-0.1, -0.05) is 6.07 Å². The minimum absolute atomic E-state index is 0.167. The van der Waals surface area contributed by atoms with Gasteiger partial charge in [-0.3, -0.25) is 4.98 Å². The standard InChI is InChI=1S/C25H24N4O3S/c1-30-17-10-11-22(31-2)21(15-17)29-24(23(27-25(29)33)19-8-3-4-12-26-19)20-9-5-13-28(20)16-18-7-6-14-32-18/h3-15,23-24H,16H2,1-2H3,(H,27,33)/t23-,24-/m0/s1. The van der Waals surface area contributed by atoms with Crippen LogP contribution in [0.15, 0.2) is 83.7 Å². The molecule has 1 aliphatic rings. The van der Waals surface area contributed by atoms with E-state index in [0.29, 0.717) is 17.4 Å². The lowest BCUT2D eigenvalue weighted by molar-refractivity contribution is 0.402. The third-order valence-electron chi connectivity index (χ3n) is 5.82. The third-order valence-corrected chi connectivity index (χ3v) is 6.13. The van der Waals surface area contributed by atoms with Gasteiger partial charge in [-0.15, -0.1) is 0 Å². The van der Waals surface area contributed by atoms with E-state index in [4.69, 9.17) is 26.1 Å². The Bertz CT molecular complexity index is 1240. The Labute approximate surface area is 197 Å². The number of methoxy groups -OCH3 is 2. The molecule has 0 aliphatic carbocycles. The minimum Gasteiger partial charge on any atom is -0.497 e. The minimum atomic E-state index is -0.182. The van der Waals surface area contributed by atoms with Crippen LogP contribution in [0.4, 0.5) is 5.69 Å². The van der Waals surface area contributed by atoms with E-state index in [1.165, 1.54) is 0 Å². The average Bonchev–Trinajstić information content (AvgIpc) is 3.60. The number of hydrogen-bond donors (Lipinski definition) is 1. The van der Waals surface area contributed by atoms with E-state index < -0.39 is 0 Å². The maximum absolute atomic E-state index is 5.86. The van der Waals surface area contributed by atoms with E-state index in [9.17, 15) is 0 Å². The Hall–Kier alpha value is -3.78. The van der Waals surface area contributed by atoms with Crippen LogP contribution in [0.25, 0.3) is 0 Å². The summed E-state index contributed by atoms with van der Waals surface area (Å²) in [4.78, 5) is 6.72. The Kier molecular flexibility index (Phi) is 5.75. The summed E-state index contributed by atoms with van der Waals surface area (Å²) in [6.45, 7) is 0.608. The van der Waals surface area contributed by atoms with Crippen LogP contribution in [0, 0.1) is 0 Å². The summed E-state index contributed by atoms with van der Waals surface area (Å²) in [7, 11) is 3.30. The summed E-state index contributed by atoms with van der Waals surface area (Å²) in [5, 5.41) is 4.08. The molecule has 0 spiro atoms. The molecule has 1 fully saturated rings. The molecule has 0 unspecified atom stereocenters. The number of anilines is 1. The maximum Gasteiger partial charge on any atom is 0.174 e. The van der Waals surface area contributed by atoms with Crippen molar-refractivity contribution in [3.05, 3.63) is 96.5 Å². The molecule has 33 heavy (non-hydrogen) atoms. The summed E-state index contributed by atoms with van der Waals surface area (Å²) in [6, 6.07) is 19.3. The molecular weight excluding hydrogens is 436 g/mol. The fourth-order valence-corrected chi connectivity index (χ4v) is 4.65. The van der Waals surface area contributed by atoms with Gasteiger partial charge in [0.15, 0.2) is 5.11 Å². The highest BCUT2D eigenvalue weighted by Crippen LogP contribution is 2.45. The van der Waals surface area contributed by atoms with Gasteiger partial charge in [0, 0.05) is 24.2 Å². The van der Waals surface area contributed by atoms with Gasteiger partial charge in [0.25, 0.3) is 0 Å². The molecule has 8 heteroatoms. The fourth-order valence-electron chi connectivity index (χ4n) is 4.31. The molecule has 1 N–H and O–H groups in total. The SMILES string of the molecule is COc1ccc(OC)c(N2C(=S)N[C@@H](c3ccccn3)[C@@H]2c2cccn2Cc2ccco2)c1. The Morgan fingerprint density at radius 3 is 2.70 bits per heavy atom. The second kappa shape index (κ2) is 8.99. The smallest absolute Gasteiger partial charge is 0.174 e. The first kappa shape index (κ1) is 21.1. The molecule has 1 aromatic carbocycles. The Balaban J connectivity index is 1.65. The highest BCUT2D eigenvalue weighted by Gasteiger charge is 2.43. The lowest BCUT2D eigenvalue weighted by Crippen LogP contribution is -2.30. The number of furan rings is 1. The van der Waals surface area contributed by atoms with Gasteiger partial charge in [-0.05, 0) is 60.7 Å². The summed E-state index contributed by atoms with van der Waals surface area (Å²) in [5.74, 6) is 2.30. The van der Waals surface area contributed by atoms with Gasteiger partial charge in [-0.25, -0.2) is 0 Å². The molecule has 5 rings (SSSR count). The van der Waals surface area contributed by atoms with E-state index in [-0.39, 0.29) is 12.1 Å². The normalized spacial score (nSPS) is 17.8. The number of aromatic nitrogens is 2. The van der Waals surface area contributed by atoms with Crippen LogP contribution in [-0.2, 0) is 6.54 Å². The van der Waals surface area contributed by atoms with E-state index >= 15 is 0 Å². The van der Waals surface area contributed by atoms with Crippen molar-refractivity contribution in [2.24, 2.45) is 0 Å². The van der Waals surface area contributed by atoms with Gasteiger partial charge in [-0.2, -0.15) is 0 Å². The number of ether oxygens (including phenoxy) is 2. The van der Waals surface area contributed by atoms with Crippen molar-refractivity contribution in [2.45, 2.75) is 18.6 Å². The fraction of sp³-hybridized carbons (Fsp3) is 0.200. The summed E-state index contributed by atoms with van der Waals surface area (Å²) in [6.07, 6.45) is 5.54. The zero-order valence-corrected chi connectivity index (χ0v) is 19.2. The van der Waals surface area contributed by atoms with Crippen LogP contribution in [0.1, 0.15) is 29.2 Å². The first-order valence-corrected chi connectivity index (χ1v) is 11.0. The Morgan fingerprint density at radius 2 is 1.97 bits per heavy atom. The quantitative estimate of drug-likeness (QED) is 0.401. The second-order valence-corrected chi connectivity index (χ2v) is 8.06. The summed E-state index contributed by atoms with van der Waals surface area (Å²) in [5.41, 5.74) is 2.79. The molecule has 0 bridgehead atoms. The number of benzene rings is 1. The molecule has 4 heterocycles. The van der Waals surface area contributed by atoms with Gasteiger partial charge in [0.1, 0.15) is 23.3 Å². The molecule has 1 aliphatic heterocycles. The van der Waals surface area contributed by atoms with Gasteiger partial charge in [0.05, 0.1) is 44.5 Å². The summed E-state index contributed by atoms with van der Waals surface area (Å²) >= 11 is 5.86. The van der Waals surface area contributed by atoms with Gasteiger partial charge < -0.3 is 28.7 Å². The number of rotatable bonds is 7. The number of hydrogen-bond acceptors (Lipinski definition) is 5. The topological polar surface area (TPSA) is 64.7 Å². The van der Waals surface area contributed by atoms with E-state index in [1.54, 1.807) is 26.7 Å². The Morgan fingerprint density at radius 1 is 1.06 bits per heavy atom. The molecule has 0 amide bonds. The van der Waals surface area contributed by atoms with Crippen molar-refractivity contribution in [2.75, 3.05) is 19.1 Å². The average molecular weight is 461 g/mol. The zero-order chi connectivity index (χ0) is 22.8. The van der Waals surface area contributed by atoms with Crippen molar-refractivity contribution < 1.29 is 13.9 Å². The molecule has 3 aromatic heterocycles. The summed E-state index contributed by atoms with van der Waals surface area (Å²) < 4.78 is 19.0. The van der Waals surface area contributed by atoms with Crippen molar-refractivity contribution in [1.82, 2.24) is 14.9 Å². The zero-order valence-electron chi connectivity index (χ0n) is 18.3. The first-order chi connectivity index (χ1) is 16.2. The van der Waals surface area contributed by atoms with Crippen LogP contribution in [0.3, 0.4) is 0 Å². The number of thiocarbonyl (C=S) groups is 1. The highest BCUT2D eigenvalue weighted by molar-refractivity contribution is 7.80. The molecule has 2 atom stereocenters. The van der Waals surface area contributed by atoms with Crippen LogP contribution in [0.5, 0.6) is 11.5 Å². The van der Waals surface area contributed by atoms with Crippen molar-refractivity contribution in [1.29, 1.82) is 0 Å². The van der Waals surface area contributed by atoms with Crippen LogP contribution in [0.2, 0.25) is 0 Å². The first-order valence-electron chi connectivity index (χ1n) is 10.6. The molecule has 0 saturated carbocycles. The predicted molar refractivity (Wildman–Crippen MR) is 130 cm³/mol. The lowest BCUT2D eigenvalue weighted by atomic mass is 10.0. The van der Waals surface area contributed by atoms with E-state index in [0.717, 1.165) is 28.6 Å². The number of nitrogens with zero attached hydrogens (tertiary/aromatic N) is 3. The van der Waals surface area contributed by atoms with E-state index in [2.05, 4.69) is 32.0 Å². The van der Waals surface area contributed by atoms with Crippen molar-refractivity contribution in [3.8, 4) is 11.5 Å². The van der Waals surface area contributed by atoms with E-state index in [1.807, 2.05) is 54.6 Å². The van der Waals surface area contributed by atoms with Crippen LogP contribution in [-0.4, -0.2) is 28.9 Å². The number of pyridine rings is 1. The monoisotopic (exact) mass is 460 g/mol. The molecule has 7 nitrogen and oxygen atoms in total. The highest BCUT2D eigenvalue weighted by atomic mass is 32.1. The number of nitrogens with one attached hydrogen (secondary N) is 1. The van der Waals surface area contributed by atoms with Crippen molar-refractivity contribution >= 4 is 23.0 Å². The van der Waals surface area contributed by atoms with Crippen molar-refractivity contribution in [3.63, 3.8) is 0 Å². The largest absolute Gasteiger partial charge is 0.497 e. The second-order valence-electron chi connectivity index (χ2n) is 7.67. The molecule has 0 radical (unpaired) electrons. The maximum atomic E-state index is 5.86. The lowest BCUT2D eigenvalue weighted by Gasteiger charge is -2.30. The third kappa shape index (κ3) is 3.93. The molecule has 168 valence electrons. The predicted octanol–water partition coefficient (Wildman–Crippen LogP) is 4.72. The van der Waals surface area contributed by atoms with Gasteiger partial charge >= 0.3 is 0 Å². The molecular formula is C25H24N4O3S.